The topological polar surface area (TPSA) is 40.5 Å². The first-order chi connectivity index (χ1) is 4.13. The molecule has 0 heterocycles. The molecule has 0 saturated carbocycles. The molecule has 0 aliphatic rings. The fraction of sp³-hybridized carbons (Fsp3) is 0.333. The Balaban J connectivity index is 0. The summed E-state index contributed by atoms with van der Waals surface area (Å²) in [5.74, 6) is -0.920. The minimum atomic E-state index is -0.920. The number of hydrogen-bond donors (Lipinski definition) is 1. The minimum Gasteiger partial charge on any atom is -0.478 e. The van der Waals surface area contributed by atoms with Gasteiger partial charge < -0.3 is 10.0 Å². The molecular formula is C6H10KNO2. The summed E-state index contributed by atoms with van der Waals surface area (Å²) in [6.07, 6.45) is 2.64. The van der Waals surface area contributed by atoms with Gasteiger partial charge in [-0.05, 0) is 13.6 Å². The van der Waals surface area contributed by atoms with Gasteiger partial charge in [0, 0.05) is 6.08 Å². The Morgan fingerprint density at radius 1 is 1.80 bits per heavy atom. The number of aliphatic carboxylic acids is 1. The third-order valence-electron chi connectivity index (χ3n) is 0.678. The molecule has 3 nitrogen and oxygen atoms in total. The van der Waals surface area contributed by atoms with Crippen LogP contribution in [0.2, 0.25) is 0 Å². The van der Waals surface area contributed by atoms with Crippen LogP contribution in [0, 0.1) is 7.05 Å². The van der Waals surface area contributed by atoms with Crippen molar-refractivity contribution in [2.24, 2.45) is 0 Å². The predicted octanol–water partition coefficient (Wildman–Crippen LogP) is -2.65. The predicted molar refractivity (Wildman–Crippen MR) is 34.8 cm³/mol. The molecule has 0 rings (SSSR count). The molecule has 0 fully saturated rings. The fourth-order valence-corrected chi connectivity index (χ4v) is 0.333. The Kier molecular flexibility index (Phi) is 10.6. The van der Waals surface area contributed by atoms with Gasteiger partial charge in [-0.1, -0.05) is 6.08 Å². The molecule has 1 N–H and O–H groups in total. The standard InChI is InChI=1S/C6H10NO2.K/c1-7(2)5-3-4-6(8)9;/h3-4H,1,5H2,2H3,(H,8,9);/q-1;+1/b4-3+;. The Bertz CT molecular complexity index is 123. The smallest absolute Gasteiger partial charge is 0.478 e. The molecule has 0 spiro atoms. The first-order valence-electron chi connectivity index (χ1n) is 2.54. The second-order valence-electron chi connectivity index (χ2n) is 1.78. The normalized spacial score (nSPS) is 9.90. The van der Waals surface area contributed by atoms with Crippen molar-refractivity contribution in [3.63, 3.8) is 0 Å². The molecule has 10 heavy (non-hydrogen) atoms. The number of rotatable bonds is 3. The molecule has 0 aliphatic carbocycles. The molecule has 0 unspecified atom stereocenters. The van der Waals surface area contributed by atoms with Crippen molar-refractivity contribution in [3.8, 4) is 0 Å². The Labute approximate surface area is 104 Å². The van der Waals surface area contributed by atoms with Crippen LogP contribution < -0.4 is 51.4 Å². The van der Waals surface area contributed by atoms with Gasteiger partial charge in [0.05, 0.1) is 0 Å². The number of likely N-dealkylation sites (N-methyl/N-ethyl adjacent to an activating group) is 1. The van der Waals surface area contributed by atoms with Gasteiger partial charge in [0.25, 0.3) is 0 Å². The molecular weight excluding hydrogens is 157 g/mol. The van der Waals surface area contributed by atoms with E-state index < -0.39 is 5.97 Å². The monoisotopic (exact) mass is 167 g/mol. The summed E-state index contributed by atoms with van der Waals surface area (Å²) in [5.41, 5.74) is 0. The van der Waals surface area contributed by atoms with E-state index in [-0.39, 0.29) is 51.4 Å². The van der Waals surface area contributed by atoms with E-state index in [4.69, 9.17) is 5.11 Å². The number of hydrogen-bond acceptors (Lipinski definition) is 2. The average molecular weight is 167 g/mol. The zero-order valence-corrected chi connectivity index (χ0v) is 9.49. The zero-order valence-electron chi connectivity index (χ0n) is 6.37. The van der Waals surface area contributed by atoms with Gasteiger partial charge in [0.15, 0.2) is 0 Å². The Hall–Kier alpha value is 0.806. The molecule has 4 heteroatoms. The van der Waals surface area contributed by atoms with Crippen molar-refractivity contribution in [1.82, 2.24) is 4.90 Å². The zero-order chi connectivity index (χ0) is 7.28. The van der Waals surface area contributed by atoms with E-state index in [2.05, 4.69) is 7.05 Å². The van der Waals surface area contributed by atoms with E-state index in [0.717, 1.165) is 6.08 Å². The van der Waals surface area contributed by atoms with Gasteiger partial charge in [-0.2, -0.15) is 0 Å². The second-order valence-corrected chi connectivity index (χ2v) is 1.78. The van der Waals surface area contributed by atoms with Crippen molar-refractivity contribution >= 4 is 5.97 Å². The minimum absolute atomic E-state index is 0. The first kappa shape index (κ1) is 13.4. The summed E-state index contributed by atoms with van der Waals surface area (Å²) in [7, 11) is 5.29. The van der Waals surface area contributed by atoms with E-state index in [9.17, 15) is 4.79 Å². The van der Waals surface area contributed by atoms with E-state index in [0.29, 0.717) is 6.54 Å². The van der Waals surface area contributed by atoms with Crippen LogP contribution in [0.1, 0.15) is 0 Å². The Morgan fingerprint density at radius 2 is 2.30 bits per heavy atom. The van der Waals surface area contributed by atoms with Gasteiger partial charge in [-0.15, -0.1) is 0 Å². The van der Waals surface area contributed by atoms with Crippen molar-refractivity contribution < 1.29 is 61.3 Å². The molecule has 0 radical (unpaired) electrons. The summed E-state index contributed by atoms with van der Waals surface area (Å²) in [4.78, 5) is 11.5. The maximum atomic E-state index is 9.86. The second kappa shape index (κ2) is 7.91. The number of nitrogens with zero attached hydrogens (tertiary/aromatic N) is 1. The first-order valence-corrected chi connectivity index (χ1v) is 2.54. The molecule has 0 aromatic rings. The summed E-state index contributed by atoms with van der Waals surface area (Å²) in [6.45, 7) is 0.562. The van der Waals surface area contributed by atoms with Gasteiger partial charge in [0.2, 0.25) is 0 Å². The average Bonchev–Trinajstić information content (AvgIpc) is 1.63. The largest absolute Gasteiger partial charge is 1.00 e. The number of carboxylic acid groups (broad SMARTS) is 1. The van der Waals surface area contributed by atoms with Crippen molar-refractivity contribution in [2.75, 3.05) is 13.6 Å². The van der Waals surface area contributed by atoms with E-state index >= 15 is 0 Å². The molecule has 0 aromatic heterocycles. The van der Waals surface area contributed by atoms with Crippen LogP contribution in [-0.4, -0.2) is 29.6 Å². The Morgan fingerprint density at radius 3 is 2.60 bits per heavy atom. The van der Waals surface area contributed by atoms with Crippen molar-refractivity contribution in [1.29, 1.82) is 0 Å². The van der Waals surface area contributed by atoms with Crippen molar-refractivity contribution in [3.05, 3.63) is 19.2 Å². The van der Waals surface area contributed by atoms with E-state index in [1.165, 1.54) is 6.08 Å². The third-order valence-corrected chi connectivity index (χ3v) is 0.678. The number of carboxylic acids is 1. The molecule has 0 aromatic carbocycles. The number of carbonyl (C=O) groups is 1. The fourth-order valence-electron chi connectivity index (χ4n) is 0.333. The third kappa shape index (κ3) is 11.6. The van der Waals surface area contributed by atoms with Gasteiger partial charge in [-0.25, -0.2) is 4.79 Å². The quantitative estimate of drug-likeness (QED) is 0.284. The molecule has 0 amide bonds. The summed E-state index contributed by atoms with van der Waals surface area (Å²) in [5, 5.41) is 8.10. The van der Waals surface area contributed by atoms with Crippen molar-refractivity contribution in [2.45, 2.75) is 0 Å². The summed E-state index contributed by atoms with van der Waals surface area (Å²) >= 11 is 0. The summed E-state index contributed by atoms with van der Waals surface area (Å²) < 4.78 is 0. The van der Waals surface area contributed by atoms with E-state index in [1.807, 2.05) is 0 Å². The van der Waals surface area contributed by atoms with Gasteiger partial charge in [-0.3, -0.25) is 7.05 Å². The maximum Gasteiger partial charge on any atom is 1.00 e. The van der Waals surface area contributed by atoms with Gasteiger partial charge in [0.1, 0.15) is 0 Å². The van der Waals surface area contributed by atoms with Crippen LogP contribution in [0.5, 0.6) is 0 Å². The van der Waals surface area contributed by atoms with Crippen LogP contribution in [-0.2, 0) is 4.79 Å². The van der Waals surface area contributed by atoms with Gasteiger partial charge >= 0.3 is 57.4 Å². The molecule has 52 valence electrons. The molecule has 0 atom stereocenters. The van der Waals surface area contributed by atoms with E-state index in [1.54, 1.807) is 11.9 Å². The van der Waals surface area contributed by atoms with Crippen LogP contribution in [0.4, 0.5) is 0 Å². The van der Waals surface area contributed by atoms with Crippen LogP contribution in [0.15, 0.2) is 12.2 Å². The summed E-state index contributed by atoms with van der Waals surface area (Å²) in [6, 6.07) is 0. The molecule has 0 bridgehead atoms. The van der Waals surface area contributed by atoms with Crippen LogP contribution in [0.25, 0.3) is 0 Å². The maximum absolute atomic E-state index is 9.86. The SMILES string of the molecule is [CH2-]N(C)C/C=C/C(=O)O.[K+]. The van der Waals surface area contributed by atoms with Crippen LogP contribution in [0.3, 0.4) is 0 Å². The molecule has 0 saturated heterocycles. The van der Waals surface area contributed by atoms with Crippen LogP contribution >= 0.6 is 0 Å². The molecule has 0 aliphatic heterocycles.